The van der Waals surface area contributed by atoms with Crippen LogP contribution in [0.15, 0.2) is 54.7 Å². The quantitative estimate of drug-likeness (QED) is 0.109. The number of pyridine rings is 1. The summed E-state index contributed by atoms with van der Waals surface area (Å²) in [4.78, 5) is 28.3. The van der Waals surface area contributed by atoms with E-state index < -0.39 is 41.0 Å². The molecule has 1 heterocycles. The van der Waals surface area contributed by atoms with E-state index >= 15 is 0 Å². The number of anilines is 1. The van der Waals surface area contributed by atoms with E-state index in [1.54, 1.807) is 13.3 Å². The lowest BCUT2D eigenvalue weighted by molar-refractivity contribution is -0.143. The minimum Gasteiger partial charge on any atom is -0.497 e. The second-order valence-electron chi connectivity index (χ2n) is 8.98. The molecule has 0 bridgehead atoms. The highest BCUT2D eigenvalue weighted by Gasteiger charge is 2.36. The Hall–Kier alpha value is -4.49. The molecule has 2 aromatic carbocycles. The number of hydrogen-bond acceptors (Lipinski definition) is 5. The van der Waals surface area contributed by atoms with Crippen molar-refractivity contribution < 1.29 is 40.7 Å². The molecular formula is C27H27F6N5O3. The van der Waals surface area contributed by atoms with Crippen LogP contribution in [0.3, 0.4) is 0 Å². The number of aromatic nitrogens is 1. The standard InChI is InChI=1S/C27H27F6N5O3/c1-16(36-22-15-21(41-2)13-18-6-4-9-34-24(18)22)5-3-10-35-25(40)38-37-23(39)8-7-17-11-19(26(28,29)30)14-20(12-17)27(31,32)33/h4,6-9,11-16,36H,3,5,10H2,1-2H3,(H,37,39)(H2,35,38,40)/b8-7+. The summed E-state index contributed by atoms with van der Waals surface area (Å²) >= 11 is 0. The number of carbonyl (C=O) groups excluding carboxylic acids is 2. The summed E-state index contributed by atoms with van der Waals surface area (Å²) in [6.07, 6.45) is -5.63. The Labute approximate surface area is 231 Å². The van der Waals surface area contributed by atoms with E-state index in [-0.39, 0.29) is 18.7 Å². The number of hydrazine groups is 1. The number of methoxy groups -OCH3 is 1. The van der Waals surface area contributed by atoms with Crippen LogP contribution in [-0.2, 0) is 17.1 Å². The van der Waals surface area contributed by atoms with Gasteiger partial charge in [0.15, 0.2) is 0 Å². The summed E-state index contributed by atoms with van der Waals surface area (Å²) in [6.45, 7) is 2.22. The van der Waals surface area contributed by atoms with E-state index in [0.717, 1.165) is 22.7 Å². The number of urea groups is 1. The first kappa shape index (κ1) is 31.0. The van der Waals surface area contributed by atoms with Crippen LogP contribution in [0.25, 0.3) is 17.0 Å². The van der Waals surface area contributed by atoms with Gasteiger partial charge in [0.2, 0.25) is 0 Å². The Balaban J connectivity index is 1.44. The van der Waals surface area contributed by atoms with Gasteiger partial charge in [-0.1, -0.05) is 6.07 Å². The predicted octanol–water partition coefficient (Wildman–Crippen LogP) is 5.91. The molecule has 0 aliphatic carbocycles. The number of ether oxygens (including phenoxy) is 1. The van der Waals surface area contributed by atoms with Crippen molar-refractivity contribution in [1.29, 1.82) is 0 Å². The van der Waals surface area contributed by atoms with E-state index in [9.17, 15) is 35.9 Å². The van der Waals surface area contributed by atoms with Gasteiger partial charge in [0.25, 0.3) is 5.91 Å². The van der Waals surface area contributed by atoms with Crippen molar-refractivity contribution in [2.45, 2.75) is 38.2 Å². The number of hydrogen-bond donors (Lipinski definition) is 4. The van der Waals surface area contributed by atoms with Gasteiger partial charge in [-0.15, -0.1) is 0 Å². The maximum absolute atomic E-state index is 13.0. The lowest BCUT2D eigenvalue weighted by Crippen LogP contribution is -2.46. The van der Waals surface area contributed by atoms with E-state index in [4.69, 9.17) is 4.74 Å². The van der Waals surface area contributed by atoms with Crippen LogP contribution in [0.4, 0.5) is 36.8 Å². The molecule has 0 saturated carbocycles. The fourth-order valence-corrected chi connectivity index (χ4v) is 3.79. The third-order valence-electron chi connectivity index (χ3n) is 5.75. The fourth-order valence-electron chi connectivity index (χ4n) is 3.79. The Morgan fingerprint density at radius 3 is 2.32 bits per heavy atom. The van der Waals surface area contributed by atoms with Gasteiger partial charge in [-0.2, -0.15) is 26.3 Å². The minimum atomic E-state index is -5.01. The number of carbonyl (C=O) groups is 2. The average molecular weight is 584 g/mol. The highest BCUT2D eigenvalue weighted by Crippen LogP contribution is 2.36. The first-order chi connectivity index (χ1) is 19.3. The lowest BCUT2D eigenvalue weighted by atomic mass is 10.0. The largest absolute Gasteiger partial charge is 0.497 e. The van der Waals surface area contributed by atoms with E-state index in [1.807, 2.05) is 36.6 Å². The summed E-state index contributed by atoms with van der Waals surface area (Å²) in [6, 6.07) is 7.66. The number of alkyl halides is 6. The van der Waals surface area contributed by atoms with Crippen molar-refractivity contribution in [3.8, 4) is 5.75 Å². The van der Waals surface area contributed by atoms with Crippen LogP contribution < -0.4 is 26.2 Å². The molecule has 0 aliphatic heterocycles. The van der Waals surface area contributed by atoms with Crippen molar-refractivity contribution in [2.24, 2.45) is 0 Å². The Bertz CT molecular complexity index is 1380. The fraction of sp³-hybridized carbons (Fsp3) is 0.296. The molecule has 0 saturated heterocycles. The zero-order chi connectivity index (χ0) is 30.2. The van der Waals surface area contributed by atoms with Crippen LogP contribution in [0.5, 0.6) is 5.75 Å². The van der Waals surface area contributed by atoms with Gasteiger partial charge in [0.05, 0.1) is 29.4 Å². The van der Waals surface area contributed by atoms with Gasteiger partial charge in [-0.25, -0.2) is 10.2 Å². The van der Waals surface area contributed by atoms with Crippen LogP contribution >= 0.6 is 0 Å². The maximum Gasteiger partial charge on any atom is 0.416 e. The smallest absolute Gasteiger partial charge is 0.416 e. The molecule has 41 heavy (non-hydrogen) atoms. The normalized spacial score (nSPS) is 12.7. The average Bonchev–Trinajstić information content (AvgIpc) is 2.91. The second-order valence-corrected chi connectivity index (χ2v) is 8.98. The molecule has 0 fully saturated rings. The molecule has 3 rings (SSSR count). The topological polar surface area (TPSA) is 104 Å². The summed E-state index contributed by atoms with van der Waals surface area (Å²) in [7, 11) is 1.57. The van der Waals surface area contributed by atoms with E-state index in [1.165, 1.54) is 0 Å². The predicted molar refractivity (Wildman–Crippen MR) is 141 cm³/mol. The Morgan fingerprint density at radius 2 is 1.68 bits per heavy atom. The summed E-state index contributed by atoms with van der Waals surface area (Å²) in [5.41, 5.74) is 2.11. The van der Waals surface area contributed by atoms with Crippen LogP contribution in [0.1, 0.15) is 36.5 Å². The molecule has 1 unspecified atom stereocenters. The lowest BCUT2D eigenvalue weighted by Gasteiger charge is -2.17. The Kier molecular flexibility index (Phi) is 10.0. The summed E-state index contributed by atoms with van der Waals surface area (Å²) in [5, 5.41) is 6.82. The first-order valence-electron chi connectivity index (χ1n) is 12.3. The number of halogens is 6. The molecule has 8 nitrogen and oxygen atoms in total. The minimum absolute atomic E-state index is 0.00993. The molecule has 14 heteroatoms. The number of fused-ring (bicyclic) bond motifs is 1. The molecule has 1 atom stereocenters. The van der Waals surface area contributed by atoms with Crippen molar-refractivity contribution in [2.75, 3.05) is 19.0 Å². The van der Waals surface area contributed by atoms with Gasteiger partial charge in [0, 0.05) is 36.3 Å². The van der Waals surface area contributed by atoms with Gasteiger partial charge in [0.1, 0.15) is 5.75 Å². The number of amides is 3. The SMILES string of the molecule is COc1cc(NC(C)CCCNC(=O)NNC(=O)/C=C/c2cc(C(F)(F)F)cc(C(F)(F)F)c2)c2ncccc2c1. The first-order valence-corrected chi connectivity index (χ1v) is 12.3. The van der Waals surface area contributed by atoms with Crippen LogP contribution in [-0.4, -0.2) is 36.6 Å². The number of rotatable bonds is 9. The molecule has 3 amide bonds. The molecule has 3 aromatic rings. The van der Waals surface area contributed by atoms with Crippen molar-refractivity contribution in [3.05, 3.63) is 71.4 Å². The molecule has 0 radical (unpaired) electrons. The molecule has 1 aromatic heterocycles. The van der Waals surface area contributed by atoms with Gasteiger partial charge in [-0.3, -0.25) is 15.2 Å². The molecule has 0 spiro atoms. The zero-order valence-corrected chi connectivity index (χ0v) is 21.9. The van der Waals surface area contributed by atoms with Gasteiger partial charge >= 0.3 is 18.4 Å². The zero-order valence-electron chi connectivity index (χ0n) is 21.9. The summed E-state index contributed by atoms with van der Waals surface area (Å²) in [5.74, 6) is -0.292. The third-order valence-corrected chi connectivity index (χ3v) is 5.75. The van der Waals surface area contributed by atoms with Crippen LogP contribution in [0.2, 0.25) is 0 Å². The number of nitrogens with one attached hydrogen (secondary N) is 4. The van der Waals surface area contributed by atoms with Crippen molar-refractivity contribution in [1.82, 2.24) is 21.2 Å². The number of benzene rings is 2. The van der Waals surface area contributed by atoms with Crippen molar-refractivity contribution in [3.63, 3.8) is 0 Å². The number of nitrogens with zero attached hydrogens (tertiary/aromatic N) is 1. The summed E-state index contributed by atoms with van der Waals surface area (Å²) < 4.78 is 83.1. The maximum atomic E-state index is 13.0. The molecule has 4 N–H and O–H groups in total. The van der Waals surface area contributed by atoms with Crippen molar-refractivity contribution >= 4 is 34.6 Å². The highest BCUT2D eigenvalue weighted by molar-refractivity contribution is 5.93. The second kappa shape index (κ2) is 13.2. The molecule has 220 valence electrons. The van der Waals surface area contributed by atoms with E-state index in [2.05, 4.69) is 21.0 Å². The highest BCUT2D eigenvalue weighted by atomic mass is 19.4. The van der Waals surface area contributed by atoms with E-state index in [0.29, 0.717) is 36.8 Å². The molecule has 0 aliphatic rings. The Morgan fingerprint density at radius 1 is 1.00 bits per heavy atom. The monoisotopic (exact) mass is 583 g/mol. The van der Waals surface area contributed by atoms with Gasteiger partial charge in [-0.05, 0) is 61.7 Å². The molecular weight excluding hydrogens is 556 g/mol. The van der Waals surface area contributed by atoms with Gasteiger partial charge < -0.3 is 15.4 Å². The van der Waals surface area contributed by atoms with Crippen LogP contribution in [0, 0.1) is 0 Å². The third kappa shape index (κ3) is 9.29.